The van der Waals surface area contributed by atoms with Crippen LogP contribution in [0.25, 0.3) is 20.7 Å². The van der Waals surface area contributed by atoms with Crippen LogP contribution in [-0.2, 0) is 11.3 Å². The summed E-state index contributed by atoms with van der Waals surface area (Å²) in [5.74, 6) is -0.00699. The molecule has 1 unspecified atom stereocenters. The lowest BCUT2D eigenvalue weighted by molar-refractivity contribution is -0.120. The molecule has 1 fully saturated rings. The van der Waals surface area contributed by atoms with Crippen LogP contribution in [-0.4, -0.2) is 26.8 Å². The third-order valence-electron chi connectivity index (χ3n) is 4.33. The lowest BCUT2D eigenvalue weighted by Crippen LogP contribution is -2.33. The second-order valence-corrected chi connectivity index (χ2v) is 9.56. The van der Waals surface area contributed by atoms with Gasteiger partial charge in [-0.3, -0.25) is 14.2 Å². The number of hydrogen-bond acceptors (Lipinski definition) is 6. The fraction of sp³-hybridized carbons (Fsp3) is 0.316. The van der Waals surface area contributed by atoms with E-state index in [-0.39, 0.29) is 16.7 Å². The maximum Gasteiger partial charge on any atom is 0.263 e. The molecule has 1 atom stereocenters. The van der Waals surface area contributed by atoms with Crippen LogP contribution in [0.2, 0.25) is 0 Å². The molecule has 0 aromatic carbocycles. The van der Waals surface area contributed by atoms with Crippen LogP contribution in [0.3, 0.4) is 0 Å². The van der Waals surface area contributed by atoms with Gasteiger partial charge in [-0.2, -0.15) is 0 Å². The molecule has 0 bridgehead atoms. The number of thioether (sulfide) groups is 1. The molecule has 1 saturated carbocycles. The van der Waals surface area contributed by atoms with E-state index >= 15 is 0 Å². The van der Waals surface area contributed by atoms with Crippen LogP contribution in [0, 0.1) is 0 Å². The van der Waals surface area contributed by atoms with E-state index < -0.39 is 0 Å². The molecule has 1 aliphatic carbocycles. The van der Waals surface area contributed by atoms with Gasteiger partial charge in [0, 0.05) is 28.4 Å². The molecule has 0 aliphatic heterocycles. The zero-order valence-electron chi connectivity index (χ0n) is 14.8. The molecular weight excluding hydrogens is 398 g/mol. The second kappa shape index (κ2) is 7.61. The first-order chi connectivity index (χ1) is 13.1. The highest BCUT2D eigenvalue weighted by Crippen LogP contribution is 2.35. The van der Waals surface area contributed by atoms with Gasteiger partial charge in [-0.15, -0.1) is 29.3 Å². The number of allylic oxidation sites excluding steroid dienone is 1. The Labute approximate surface area is 169 Å². The number of hydrogen-bond donors (Lipinski definition) is 1. The van der Waals surface area contributed by atoms with E-state index in [1.807, 2.05) is 29.8 Å². The van der Waals surface area contributed by atoms with E-state index in [9.17, 15) is 9.59 Å². The molecular formula is C19H19N3O2S3. The number of carbonyl (C=O) groups is 1. The largest absolute Gasteiger partial charge is 0.352 e. The smallest absolute Gasteiger partial charge is 0.263 e. The van der Waals surface area contributed by atoms with Gasteiger partial charge in [0.25, 0.3) is 5.56 Å². The topological polar surface area (TPSA) is 64.0 Å². The van der Waals surface area contributed by atoms with Crippen molar-refractivity contribution in [2.45, 2.75) is 42.8 Å². The average molecular weight is 418 g/mol. The summed E-state index contributed by atoms with van der Waals surface area (Å²) in [6, 6.07) is 4.30. The summed E-state index contributed by atoms with van der Waals surface area (Å²) in [4.78, 5) is 32.0. The van der Waals surface area contributed by atoms with Crippen LogP contribution < -0.4 is 10.9 Å². The zero-order chi connectivity index (χ0) is 19.0. The molecule has 1 amide bonds. The summed E-state index contributed by atoms with van der Waals surface area (Å²) in [5, 5.41) is 7.88. The van der Waals surface area contributed by atoms with E-state index in [0.717, 1.165) is 23.3 Å². The highest BCUT2D eigenvalue weighted by molar-refractivity contribution is 8.00. The first kappa shape index (κ1) is 18.5. The predicted molar refractivity (Wildman–Crippen MR) is 114 cm³/mol. The Balaban J connectivity index is 1.74. The minimum absolute atomic E-state index is 0.00699. The lowest BCUT2D eigenvalue weighted by atomic mass is 10.2. The number of amides is 1. The van der Waals surface area contributed by atoms with Crippen molar-refractivity contribution in [3.8, 4) is 10.4 Å². The van der Waals surface area contributed by atoms with E-state index in [1.54, 1.807) is 22.0 Å². The number of nitrogens with zero attached hydrogens (tertiary/aromatic N) is 2. The summed E-state index contributed by atoms with van der Waals surface area (Å²) in [5.41, 5.74) is 0.846. The molecule has 1 N–H and O–H groups in total. The van der Waals surface area contributed by atoms with Crippen LogP contribution in [0.4, 0.5) is 0 Å². The molecule has 8 heteroatoms. The molecule has 3 aromatic rings. The Morgan fingerprint density at radius 2 is 2.33 bits per heavy atom. The fourth-order valence-corrected chi connectivity index (χ4v) is 5.49. The first-order valence-corrected chi connectivity index (χ1v) is 11.4. The third kappa shape index (κ3) is 3.74. The van der Waals surface area contributed by atoms with Crippen molar-refractivity contribution in [3.05, 3.63) is 45.9 Å². The normalized spacial score (nSPS) is 15.0. The Morgan fingerprint density at radius 3 is 3.00 bits per heavy atom. The third-order valence-corrected chi connectivity index (χ3v) is 7.20. The number of carbonyl (C=O) groups excluding carboxylic acids is 1. The SMILES string of the molecule is C=CCn1c(SC(C)C(=O)NC2CC2)nc2scc(-c3cccs3)c2c1=O. The fourth-order valence-electron chi connectivity index (χ4n) is 2.76. The molecule has 0 saturated heterocycles. The van der Waals surface area contributed by atoms with E-state index in [0.29, 0.717) is 28.0 Å². The number of nitrogens with one attached hydrogen (secondary N) is 1. The molecule has 27 heavy (non-hydrogen) atoms. The van der Waals surface area contributed by atoms with Crippen molar-refractivity contribution in [2.24, 2.45) is 0 Å². The Morgan fingerprint density at radius 1 is 1.52 bits per heavy atom. The van der Waals surface area contributed by atoms with Crippen molar-refractivity contribution < 1.29 is 4.79 Å². The summed E-state index contributed by atoms with van der Waals surface area (Å²) in [6.45, 7) is 5.98. The summed E-state index contributed by atoms with van der Waals surface area (Å²) >= 11 is 4.40. The van der Waals surface area contributed by atoms with Crippen LogP contribution in [0.1, 0.15) is 19.8 Å². The minimum Gasteiger partial charge on any atom is -0.352 e. The van der Waals surface area contributed by atoms with Gasteiger partial charge in [-0.1, -0.05) is 23.9 Å². The van der Waals surface area contributed by atoms with Gasteiger partial charge in [0.15, 0.2) is 5.16 Å². The van der Waals surface area contributed by atoms with Crippen molar-refractivity contribution in [3.63, 3.8) is 0 Å². The lowest BCUT2D eigenvalue weighted by Gasteiger charge is -2.14. The standard InChI is InChI=1S/C19H19N3O2S3/c1-3-8-22-18(24)15-13(14-5-4-9-25-14)10-26-17(15)21-19(22)27-11(2)16(23)20-12-6-7-12/h3-5,9-12H,1,6-8H2,2H3,(H,20,23). The van der Waals surface area contributed by atoms with Gasteiger partial charge in [0.05, 0.1) is 10.6 Å². The van der Waals surface area contributed by atoms with E-state index in [4.69, 9.17) is 4.98 Å². The maximum absolute atomic E-state index is 13.2. The number of fused-ring (bicyclic) bond motifs is 1. The Kier molecular flexibility index (Phi) is 5.21. The number of aromatic nitrogens is 2. The first-order valence-electron chi connectivity index (χ1n) is 8.72. The van der Waals surface area contributed by atoms with Crippen molar-refractivity contribution in [1.82, 2.24) is 14.9 Å². The number of rotatable bonds is 7. The highest BCUT2D eigenvalue weighted by Gasteiger charge is 2.27. The monoisotopic (exact) mass is 417 g/mol. The average Bonchev–Trinajstić information content (AvgIpc) is 3.12. The predicted octanol–water partition coefficient (Wildman–Crippen LogP) is 4.13. The number of thiophene rings is 2. The van der Waals surface area contributed by atoms with Crippen LogP contribution >= 0.6 is 34.4 Å². The summed E-state index contributed by atoms with van der Waals surface area (Å²) in [6.07, 6.45) is 3.79. The molecule has 4 rings (SSSR count). The molecule has 0 spiro atoms. The van der Waals surface area contributed by atoms with Gasteiger partial charge in [0.1, 0.15) is 4.83 Å². The quantitative estimate of drug-likeness (QED) is 0.357. The Bertz CT molecular complexity index is 1050. The molecule has 140 valence electrons. The van der Waals surface area contributed by atoms with Crippen LogP contribution in [0.15, 0.2) is 45.5 Å². The van der Waals surface area contributed by atoms with Crippen LogP contribution in [0.5, 0.6) is 0 Å². The van der Waals surface area contributed by atoms with Crippen molar-refractivity contribution in [1.29, 1.82) is 0 Å². The van der Waals surface area contributed by atoms with Gasteiger partial charge in [-0.05, 0) is 31.2 Å². The molecule has 5 nitrogen and oxygen atoms in total. The van der Waals surface area contributed by atoms with E-state index in [2.05, 4.69) is 11.9 Å². The van der Waals surface area contributed by atoms with Gasteiger partial charge >= 0.3 is 0 Å². The summed E-state index contributed by atoms with van der Waals surface area (Å²) in [7, 11) is 0. The molecule has 0 radical (unpaired) electrons. The van der Waals surface area contributed by atoms with E-state index in [1.165, 1.54) is 23.1 Å². The summed E-state index contributed by atoms with van der Waals surface area (Å²) < 4.78 is 1.62. The Hall–Kier alpha value is -1.90. The van der Waals surface area contributed by atoms with Gasteiger partial charge in [0.2, 0.25) is 5.91 Å². The highest BCUT2D eigenvalue weighted by atomic mass is 32.2. The molecule has 3 aromatic heterocycles. The molecule has 1 aliphatic rings. The van der Waals surface area contributed by atoms with Gasteiger partial charge < -0.3 is 5.32 Å². The zero-order valence-corrected chi connectivity index (χ0v) is 17.3. The van der Waals surface area contributed by atoms with Crippen molar-refractivity contribution >= 4 is 50.6 Å². The maximum atomic E-state index is 13.2. The van der Waals surface area contributed by atoms with Crippen molar-refractivity contribution in [2.75, 3.05) is 0 Å². The molecule has 3 heterocycles. The minimum atomic E-state index is -0.317. The van der Waals surface area contributed by atoms with Gasteiger partial charge in [-0.25, -0.2) is 4.98 Å². The second-order valence-electron chi connectivity index (χ2n) is 6.45.